The number of pyridine rings is 1. The zero-order chi connectivity index (χ0) is 13.6. The molecule has 1 spiro atoms. The molecule has 0 aromatic carbocycles. The molecule has 20 heavy (non-hydrogen) atoms. The van der Waals surface area contributed by atoms with Crippen molar-refractivity contribution in [3.05, 3.63) is 28.5 Å². The van der Waals surface area contributed by atoms with Crippen LogP contribution in [0.2, 0.25) is 0 Å². The Bertz CT molecular complexity index is 554. The first kappa shape index (κ1) is 12.8. The van der Waals surface area contributed by atoms with E-state index in [4.69, 9.17) is 4.74 Å². The van der Waals surface area contributed by atoms with Crippen LogP contribution in [0.4, 0.5) is 0 Å². The predicted octanol–water partition coefficient (Wildman–Crippen LogP) is 2.28. The van der Waals surface area contributed by atoms with E-state index < -0.39 is 0 Å². The van der Waals surface area contributed by atoms with Gasteiger partial charge in [0.2, 0.25) is 0 Å². The van der Waals surface area contributed by atoms with Crippen LogP contribution in [0.25, 0.3) is 0 Å². The van der Waals surface area contributed by atoms with E-state index >= 15 is 0 Å². The molecule has 4 nitrogen and oxygen atoms in total. The molecular formula is C15H18BrN3O. The third-order valence-corrected chi connectivity index (χ3v) is 5.21. The molecule has 0 amide bonds. The number of fused-ring (bicyclic) bond motifs is 2. The van der Waals surface area contributed by atoms with Crippen LogP contribution in [0, 0.1) is 5.92 Å². The number of ether oxygens (including phenoxy) is 1. The number of aromatic nitrogens is 1. The maximum atomic E-state index is 6.32. The van der Waals surface area contributed by atoms with E-state index in [9.17, 15) is 0 Å². The van der Waals surface area contributed by atoms with Gasteiger partial charge in [-0.2, -0.15) is 0 Å². The number of hydrogen-bond donors (Lipinski definition) is 0. The lowest BCUT2D eigenvalue weighted by molar-refractivity contribution is -0.0837. The normalized spacial score (nSPS) is 35.1. The molecule has 1 atom stereocenters. The van der Waals surface area contributed by atoms with E-state index in [2.05, 4.69) is 30.8 Å². The van der Waals surface area contributed by atoms with Gasteiger partial charge in [-0.25, -0.2) is 4.98 Å². The molecule has 0 N–H and O–H groups in total. The molecule has 3 saturated heterocycles. The van der Waals surface area contributed by atoms with E-state index in [1.165, 1.54) is 25.9 Å². The molecule has 2 bridgehead atoms. The Hall–Kier alpha value is -0.940. The maximum absolute atomic E-state index is 6.32. The Morgan fingerprint density at radius 3 is 2.90 bits per heavy atom. The Morgan fingerprint density at radius 1 is 1.35 bits per heavy atom. The second-order valence-corrected chi connectivity index (χ2v) is 6.87. The quantitative estimate of drug-likeness (QED) is 0.778. The van der Waals surface area contributed by atoms with Gasteiger partial charge in [-0.1, -0.05) is 6.07 Å². The van der Waals surface area contributed by atoms with Crippen molar-refractivity contribution >= 4 is 21.8 Å². The minimum Gasteiger partial charge on any atom is -0.471 e. The zero-order valence-corrected chi connectivity index (χ0v) is 13.0. The number of piperidine rings is 3. The summed E-state index contributed by atoms with van der Waals surface area (Å²) in [6, 6.07) is 5.97. The van der Waals surface area contributed by atoms with Crippen LogP contribution in [-0.4, -0.2) is 47.6 Å². The molecule has 1 unspecified atom stereocenters. The second-order valence-electron chi connectivity index (χ2n) is 6.06. The molecular weight excluding hydrogens is 318 g/mol. The number of aliphatic imine (C=N–C) groups is 1. The van der Waals surface area contributed by atoms with Crippen molar-refractivity contribution in [1.29, 1.82) is 0 Å². The highest BCUT2D eigenvalue weighted by atomic mass is 79.9. The Labute approximate surface area is 127 Å². The summed E-state index contributed by atoms with van der Waals surface area (Å²) in [5.74, 6) is 1.55. The topological polar surface area (TPSA) is 37.7 Å². The van der Waals surface area contributed by atoms with E-state index in [1.54, 1.807) is 0 Å². The Balaban J connectivity index is 1.48. The average molecular weight is 336 g/mol. The molecule has 0 aliphatic carbocycles. The minimum atomic E-state index is -0.0299. The van der Waals surface area contributed by atoms with Crippen LogP contribution in [-0.2, 0) is 11.2 Å². The van der Waals surface area contributed by atoms with Crippen molar-refractivity contribution in [2.24, 2.45) is 10.9 Å². The molecule has 4 aliphatic rings. The number of halogens is 1. The van der Waals surface area contributed by atoms with Gasteiger partial charge in [-0.3, -0.25) is 9.89 Å². The summed E-state index contributed by atoms with van der Waals surface area (Å²) in [7, 11) is 0. The SMILES string of the molecule is Brc1cccc(CC2=NCC3(CN4CCC3CC4)O2)n1. The summed E-state index contributed by atoms with van der Waals surface area (Å²) in [5, 5.41) is 0. The number of hydrogen-bond acceptors (Lipinski definition) is 4. The van der Waals surface area contributed by atoms with Gasteiger partial charge in [-0.15, -0.1) is 0 Å². The summed E-state index contributed by atoms with van der Waals surface area (Å²) in [4.78, 5) is 11.7. The van der Waals surface area contributed by atoms with E-state index in [1.807, 2.05) is 18.2 Å². The van der Waals surface area contributed by atoms with Crippen molar-refractivity contribution < 1.29 is 4.74 Å². The van der Waals surface area contributed by atoms with Gasteiger partial charge in [0, 0.05) is 12.5 Å². The molecule has 5 rings (SSSR count). The maximum Gasteiger partial charge on any atom is 0.190 e. The van der Waals surface area contributed by atoms with E-state index in [0.717, 1.165) is 29.3 Å². The summed E-state index contributed by atoms with van der Waals surface area (Å²) in [6.45, 7) is 4.35. The van der Waals surface area contributed by atoms with Crippen molar-refractivity contribution in [3.8, 4) is 0 Å². The van der Waals surface area contributed by atoms with Crippen molar-refractivity contribution in [3.63, 3.8) is 0 Å². The molecule has 3 fully saturated rings. The third kappa shape index (κ3) is 2.17. The van der Waals surface area contributed by atoms with Crippen molar-refractivity contribution in [1.82, 2.24) is 9.88 Å². The fraction of sp³-hybridized carbons (Fsp3) is 0.600. The molecule has 0 saturated carbocycles. The van der Waals surface area contributed by atoms with Crippen LogP contribution < -0.4 is 0 Å². The van der Waals surface area contributed by atoms with Gasteiger partial charge in [-0.05, 0) is 54.0 Å². The van der Waals surface area contributed by atoms with Crippen LogP contribution in [0.5, 0.6) is 0 Å². The molecule has 1 aromatic heterocycles. The summed E-state index contributed by atoms with van der Waals surface area (Å²) in [6.07, 6.45) is 3.23. The first-order valence-electron chi connectivity index (χ1n) is 7.30. The van der Waals surface area contributed by atoms with Gasteiger partial charge in [0.1, 0.15) is 10.2 Å². The average Bonchev–Trinajstić information content (AvgIpc) is 2.83. The lowest BCUT2D eigenvalue weighted by Gasteiger charge is -2.50. The highest BCUT2D eigenvalue weighted by Gasteiger charge is 2.51. The molecule has 4 aliphatic heterocycles. The first-order chi connectivity index (χ1) is 9.73. The minimum absolute atomic E-state index is 0.0299. The molecule has 106 valence electrons. The van der Waals surface area contributed by atoms with Crippen LogP contribution >= 0.6 is 15.9 Å². The van der Waals surface area contributed by atoms with Crippen LogP contribution in [0.3, 0.4) is 0 Å². The summed E-state index contributed by atoms with van der Waals surface area (Å²) in [5.41, 5.74) is 0.981. The van der Waals surface area contributed by atoms with Crippen molar-refractivity contribution in [2.75, 3.05) is 26.2 Å². The monoisotopic (exact) mass is 335 g/mol. The third-order valence-electron chi connectivity index (χ3n) is 4.77. The molecule has 5 heterocycles. The predicted molar refractivity (Wildman–Crippen MR) is 80.9 cm³/mol. The summed E-state index contributed by atoms with van der Waals surface area (Å²) < 4.78 is 7.19. The summed E-state index contributed by atoms with van der Waals surface area (Å²) >= 11 is 3.41. The highest BCUT2D eigenvalue weighted by molar-refractivity contribution is 9.10. The van der Waals surface area contributed by atoms with Crippen molar-refractivity contribution in [2.45, 2.75) is 24.9 Å². The lowest BCUT2D eigenvalue weighted by atomic mass is 9.75. The highest BCUT2D eigenvalue weighted by Crippen LogP contribution is 2.41. The van der Waals surface area contributed by atoms with Crippen LogP contribution in [0.15, 0.2) is 27.8 Å². The first-order valence-corrected chi connectivity index (χ1v) is 8.09. The van der Waals surface area contributed by atoms with E-state index in [0.29, 0.717) is 12.3 Å². The standard InChI is InChI=1S/C15H18BrN3O/c16-13-3-1-2-12(18-13)8-14-17-9-15(20-14)10-19-6-4-11(15)5-7-19/h1-3,11H,4-10H2. The Kier molecular flexibility index (Phi) is 3.07. The molecule has 0 radical (unpaired) electrons. The smallest absolute Gasteiger partial charge is 0.190 e. The van der Waals surface area contributed by atoms with Gasteiger partial charge >= 0.3 is 0 Å². The lowest BCUT2D eigenvalue weighted by Crippen LogP contribution is -2.60. The van der Waals surface area contributed by atoms with Gasteiger partial charge in [0.05, 0.1) is 18.7 Å². The van der Waals surface area contributed by atoms with Crippen LogP contribution in [0.1, 0.15) is 18.5 Å². The number of nitrogens with zero attached hydrogens (tertiary/aromatic N) is 3. The molecule has 5 heteroatoms. The van der Waals surface area contributed by atoms with Gasteiger partial charge < -0.3 is 4.74 Å². The fourth-order valence-electron chi connectivity index (χ4n) is 3.74. The zero-order valence-electron chi connectivity index (χ0n) is 11.4. The number of rotatable bonds is 2. The Morgan fingerprint density at radius 2 is 2.20 bits per heavy atom. The fourth-order valence-corrected chi connectivity index (χ4v) is 4.12. The largest absolute Gasteiger partial charge is 0.471 e. The van der Waals surface area contributed by atoms with Gasteiger partial charge in [0.25, 0.3) is 0 Å². The second kappa shape index (κ2) is 4.81. The molecule has 1 aromatic rings. The van der Waals surface area contributed by atoms with E-state index in [-0.39, 0.29) is 5.60 Å². The van der Waals surface area contributed by atoms with Gasteiger partial charge in [0.15, 0.2) is 5.90 Å².